The van der Waals surface area contributed by atoms with E-state index in [0.717, 1.165) is 49.4 Å². The van der Waals surface area contributed by atoms with Gasteiger partial charge in [0, 0.05) is 110 Å². The number of aromatic amines is 3. The number of aliphatic imine (C=N–C) groups is 3. The van der Waals surface area contributed by atoms with E-state index in [9.17, 15) is 28.8 Å². The van der Waals surface area contributed by atoms with Gasteiger partial charge in [-0.3, -0.25) is 43.7 Å². The summed E-state index contributed by atoms with van der Waals surface area (Å²) in [6.07, 6.45) is 7.63. The standard InChI is InChI=1S/C60H81N21O6/c61-43(13-7-19-70-58(64)65)52(82)79-49(25-37-31-73-46-16-4-1-10-40(37)46)55(85)76-28-34-22-35(29-77-56(86)50(26-38-32-74-47-17-5-2-11-41(38)47)80-53(83)44(62)14-8-20-71-59(66)67)24-36(23-34)30-78-57(87)51(27-39-33-75-48-18-6-3-12-42(39)48)81-54(84)45(63)15-9-21-72-60(68)69/h1-6,10-12,16-18,22-24,31-33,43-45,49-51,73-75H,7-9,13-15,19-21,25-30,61-63H2,(H,76,85)(H,77,86)(H,78,87)(H,79,82)(H,80,83)(H,81,84)(H4,64,65,70)(H4,66,67,71)(H4,68,69,72)/t43-,44-,45-,49-,50-,51-/m0/s1. The Balaban J connectivity index is 1.15. The summed E-state index contributed by atoms with van der Waals surface area (Å²) in [7, 11) is 0. The molecule has 0 radical (unpaired) electrons. The van der Waals surface area contributed by atoms with Gasteiger partial charge in [-0.15, -0.1) is 0 Å². The topological polar surface area (TPSA) is 493 Å². The van der Waals surface area contributed by atoms with E-state index in [-0.39, 0.29) is 95.7 Å². The maximum absolute atomic E-state index is 14.5. The monoisotopic (exact) mass is 1190 g/mol. The molecule has 27 heteroatoms. The number of nitrogens with zero attached hydrogens (tertiary/aromatic N) is 3. The van der Waals surface area contributed by atoms with Crippen LogP contribution in [0.1, 0.15) is 71.9 Å². The van der Waals surface area contributed by atoms with Crippen LogP contribution < -0.4 is 83.5 Å². The lowest BCUT2D eigenvalue weighted by molar-refractivity contribution is -0.129. The molecule has 0 aliphatic carbocycles. The number of hydrogen-bond donors (Lipinski definition) is 18. The maximum atomic E-state index is 14.5. The molecule has 3 aromatic heterocycles. The van der Waals surface area contributed by atoms with Crippen LogP contribution in [0.25, 0.3) is 32.7 Å². The van der Waals surface area contributed by atoms with E-state index in [2.05, 4.69) is 61.8 Å². The van der Waals surface area contributed by atoms with E-state index >= 15 is 0 Å². The zero-order valence-electron chi connectivity index (χ0n) is 48.5. The van der Waals surface area contributed by atoms with Gasteiger partial charge in [-0.05, 0) is 90.1 Å². The van der Waals surface area contributed by atoms with Crippen molar-refractivity contribution < 1.29 is 28.8 Å². The van der Waals surface area contributed by atoms with Crippen molar-refractivity contribution in [3.8, 4) is 0 Å². The molecular weight excluding hydrogens is 1110 g/mol. The summed E-state index contributed by atoms with van der Waals surface area (Å²) in [6, 6.07) is 21.9. The molecule has 0 saturated heterocycles. The van der Waals surface area contributed by atoms with Crippen LogP contribution in [0.5, 0.6) is 0 Å². The van der Waals surface area contributed by atoms with Gasteiger partial charge in [-0.2, -0.15) is 0 Å². The van der Waals surface area contributed by atoms with Crippen LogP contribution in [0.2, 0.25) is 0 Å². The third-order valence-corrected chi connectivity index (χ3v) is 14.6. The van der Waals surface area contributed by atoms with Gasteiger partial charge in [0.15, 0.2) is 17.9 Å². The second-order valence-electron chi connectivity index (χ2n) is 21.4. The quantitative estimate of drug-likeness (QED) is 0.0138. The predicted molar refractivity (Wildman–Crippen MR) is 337 cm³/mol. The zero-order valence-corrected chi connectivity index (χ0v) is 48.5. The van der Waals surface area contributed by atoms with E-state index in [0.29, 0.717) is 36.0 Å². The van der Waals surface area contributed by atoms with Crippen molar-refractivity contribution in [2.75, 3.05) is 19.6 Å². The van der Waals surface area contributed by atoms with Gasteiger partial charge in [0.2, 0.25) is 35.4 Å². The first-order valence-electron chi connectivity index (χ1n) is 28.8. The highest BCUT2D eigenvalue weighted by atomic mass is 16.2. The van der Waals surface area contributed by atoms with Gasteiger partial charge in [0.25, 0.3) is 0 Å². The third-order valence-electron chi connectivity index (χ3n) is 14.6. The summed E-state index contributed by atoms with van der Waals surface area (Å²) in [5, 5.41) is 20.2. The van der Waals surface area contributed by atoms with Crippen molar-refractivity contribution >= 4 is 86.0 Å². The second-order valence-corrected chi connectivity index (χ2v) is 21.4. The number of nitrogens with two attached hydrogens (primary N) is 9. The molecule has 0 fully saturated rings. The fourth-order valence-electron chi connectivity index (χ4n) is 10.1. The molecule has 462 valence electrons. The molecule has 6 amide bonds. The first kappa shape index (κ1) is 64.6. The average Bonchev–Trinajstić information content (AvgIpc) is 4.00. The Hall–Kier alpha value is -9.99. The lowest BCUT2D eigenvalue weighted by atomic mass is 10.0. The Labute approximate surface area is 502 Å². The molecule has 6 atom stereocenters. The molecule has 27 N–H and O–H groups in total. The number of hydrogen-bond acceptors (Lipinski definition) is 12. The van der Waals surface area contributed by atoms with Gasteiger partial charge in [0.1, 0.15) is 18.1 Å². The normalized spacial score (nSPS) is 13.3. The van der Waals surface area contributed by atoms with Crippen LogP contribution >= 0.6 is 0 Å². The first-order valence-corrected chi connectivity index (χ1v) is 28.8. The van der Waals surface area contributed by atoms with Crippen molar-refractivity contribution in [1.82, 2.24) is 46.9 Å². The van der Waals surface area contributed by atoms with Gasteiger partial charge in [0.05, 0.1) is 18.1 Å². The summed E-state index contributed by atoms with van der Waals surface area (Å²) < 4.78 is 0. The van der Waals surface area contributed by atoms with Crippen molar-refractivity contribution in [3.05, 3.63) is 143 Å². The molecule has 0 spiro atoms. The van der Waals surface area contributed by atoms with Gasteiger partial charge in [-0.25, -0.2) is 0 Å². The van der Waals surface area contributed by atoms with E-state index in [1.54, 1.807) is 36.8 Å². The van der Waals surface area contributed by atoms with Crippen molar-refractivity contribution in [1.29, 1.82) is 0 Å². The molecule has 4 aromatic carbocycles. The van der Waals surface area contributed by atoms with E-state index in [4.69, 9.17) is 51.6 Å². The molecule has 7 rings (SSSR count). The van der Waals surface area contributed by atoms with Crippen molar-refractivity contribution in [3.63, 3.8) is 0 Å². The largest absolute Gasteiger partial charge is 0.370 e. The number of carbonyl (C=O) groups excluding carboxylic acids is 6. The molecule has 0 aliphatic heterocycles. The smallest absolute Gasteiger partial charge is 0.243 e. The van der Waals surface area contributed by atoms with E-state index in [1.165, 1.54) is 0 Å². The Kier molecular flexibility index (Phi) is 23.6. The predicted octanol–water partition coefficient (Wildman–Crippen LogP) is -0.696. The lowest BCUT2D eigenvalue weighted by Crippen LogP contribution is -2.52. The molecule has 3 heterocycles. The van der Waals surface area contributed by atoms with E-state index in [1.807, 2.05) is 72.8 Å². The van der Waals surface area contributed by atoms with Crippen LogP contribution in [0.3, 0.4) is 0 Å². The van der Waals surface area contributed by atoms with Crippen LogP contribution in [0.4, 0.5) is 0 Å². The number of para-hydroxylation sites is 3. The van der Waals surface area contributed by atoms with Crippen LogP contribution in [0, 0.1) is 0 Å². The number of fused-ring (bicyclic) bond motifs is 3. The summed E-state index contributed by atoms with van der Waals surface area (Å²) in [6.45, 7) is 0.557. The second kappa shape index (κ2) is 31.8. The minimum atomic E-state index is -1.09. The molecule has 87 heavy (non-hydrogen) atoms. The number of benzene rings is 4. The molecule has 7 aromatic rings. The van der Waals surface area contributed by atoms with Crippen LogP contribution in [0.15, 0.2) is 125 Å². The number of guanidine groups is 3. The van der Waals surface area contributed by atoms with Crippen LogP contribution in [-0.2, 0) is 67.7 Å². The minimum absolute atomic E-state index is 0.0764. The SMILES string of the molecule is NC(N)=NCCC[C@H](N)C(=O)N[C@@H](Cc1c[nH]c2ccccc12)C(=O)NCc1cc(CNC(=O)[C@H](Cc2c[nH]c3ccccc23)NC(=O)[C@@H](N)CCCN=C(N)N)cc(CNC(=O)[C@H](Cc2c[nH]c3ccccc23)NC(=O)[C@@H](N)CCCN=C(N)N)c1. The highest BCUT2D eigenvalue weighted by Crippen LogP contribution is 2.23. The first-order chi connectivity index (χ1) is 41.8. The Morgan fingerprint density at radius 2 is 0.655 bits per heavy atom. The number of amides is 6. The number of aromatic nitrogens is 3. The fourth-order valence-corrected chi connectivity index (χ4v) is 10.1. The lowest BCUT2D eigenvalue weighted by Gasteiger charge is -2.22. The highest BCUT2D eigenvalue weighted by Gasteiger charge is 2.29. The fraction of sp³-hybridized carbons (Fsp3) is 0.350. The molecule has 0 unspecified atom stereocenters. The van der Waals surface area contributed by atoms with Gasteiger partial charge in [-0.1, -0.05) is 72.8 Å². The summed E-state index contributed by atoms with van der Waals surface area (Å²) in [4.78, 5) is 106. The van der Waals surface area contributed by atoms with Crippen molar-refractivity contribution in [2.45, 2.75) is 114 Å². The molecule has 0 aliphatic rings. The Morgan fingerprint density at radius 3 is 0.920 bits per heavy atom. The third kappa shape index (κ3) is 19.5. The highest BCUT2D eigenvalue weighted by molar-refractivity contribution is 5.94. The molecular formula is C60H81N21O6. The summed E-state index contributed by atoms with van der Waals surface area (Å²) >= 11 is 0. The summed E-state index contributed by atoms with van der Waals surface area (Å²) in [5.74, 6) is -3.48. The van der Waals surface area contributed by atoms with Crippen LogP contribution in [-0.4, -0.2) is 124 Å². The van der Waals surface area contributed by atoms with E-state index < -0.39 is 71.7 Å². The summed E-state index contributed by atoms with van der Waals surface area (Å²) in [5.41, 5.74) is 58.4. The Bertz CT molecular complexity index is 3200. The number of H-pyrrole nitrogens is 3. The molecule has 27 nitrogen and oxygen atoms in total. The Morgan fingerprint density at radius 1 is 0.391 bits per heavy atom. The average molecular weight is 1190 g/mol. The zero-order chi connectivity index (χ0) is 62.4. The maximum Gasteiger partial charge on any atom is 0.243 e. The minimum Gasteiger partial charge on any atom is -0.370 e. The number of carbonyl (C=O) groups is 6. The number of nitrogens with one attached hydrogen (secondary N) is 9. The molecule has 0 saturated carbocycles. The number of rotatable bonds is 33. The molecule has 0 bridgehead atoms. The van der Waals surface area contributed by atoms with Gasteiger partial charge >= 0.3 is 0 Å². The van der Waals surface area contributed by atoms with Gasteiger partial charge < -0.3 is 98.5 Å². The van der Waals surface area contributed by atoms with Crippen molar-refractivity contribution in [2.24, 2.45) is 66.6 Å².